The van der Waals surface area contributed by atoms with Crippen LogP contribution in [0.15, 0.2) is 12.4 Å². The molecular formula is C9H14N2O3. The molecule has 14 heavy (non-hydrogen) atoms. The van der Waals surface area contributed by atoms with Gasteiger partial charge in [0.2, 0.25) is 0 Å². The van der Waals surface area contributed by atoms with Gasteiger partial charge < -0.3 is 15.3 Å². The molecule has 0 saturated heterocycles. The molecule has 0 aliphatic carbocycles. The summed E-state index contributed by atoms with van der Waals surface area (Å²) in [6, 6.07) is 0. The molecule has 0 radical (unpaired) electrons. The molecule has 0 unspecified atom stereocenters. The maximum atomic E-state index is 9.42. The molecule has 1 aromatic rings. The molecule has 0 aromatic carbocycles. The highest BCUT2D eigenvalue weighted by molar-refractivity contribution is 5.09. The van der Waals surface area contributed by atoms with Gasteiger partial charge in [-0.1, -0.05) is 0 Å². The molecule has 1 rings (SSSR count). The van der Waals surface area contributed by atoms with Gasteiger partial charge in [0.25, 0.3) is 0 Å². The minimum absolute atomic E-state index is 0.196. The van der Waals surface area contributed by atoms with Gasteiger partial charge in [0.15, 0.2) is 0 Å². The van der Waals surface area contributed by atoms with E-state index in [-0.39, 0.29) is 6.42 Å². The zero-order valence-electron chi connectivity index (χ0n) is 7.96. The lowest BCUT2D eigenvalue weighted by Crippen LogP contribution is -2.31. The molecule has 1 heterocycles. The zero-order chi connectivity index (χ0) is 10.6. The highest BCUT2D eigenvalue weighted by Gasteiger charge is 2.17. The minimum Gasteiger partial charge on any atom is -0.394 e. The summed E-state index contributed by atoms with van der Waals surface area (Å²) in [5.74, 6) is 0. The Labute approximate surface area is 82.1 Å². The average Bonchev–Trinajstić information content (AvgIpc) is 2.20. The van der Waals surface area contributed by atoms with Gasteiger partial charge in [0, 0.05) is 18.8 Å². The van der Waals surface area contributed by atoms with Crippen molar-refractivity contribution < 1.29 is 15.3 Å². The Balaban J connectivity index is 2.64. The van der Waals surface area contributed by atoms with E-state index in [0.29, 0.717) is 5.69 Å². The normalized spacial score (nSPS) is 15.1. The van der Waals surface area contributed by atoms with E-state index >= 15 is 0 Å². The first-order chi connectivity index (χ1) is 6.65. The van der Waals surface area contributed by atoms with Crippen molar-refractivity contribution in [2.24, 2.45) is 0 Å². The first-order valence-corrected chi connectivity index (χ1v) is 4.38. The Hall–Kier alpha value is -1.04. The van der Waals surface area contributed by atoms with Gasteiger partial charge in [-0.25, -0.2) is 0 Å². The molecule has 0 amide bonds. The third kappa shape index (κ3) is 2.73. The standard InChI is InChI=1S/C9H14N2O3/c1-6-7(11-3-2-10-6)4-8(13)9(14)5-12/h2-3,8-9,12-14H,4-5H2,1H3/t8-,9+/m1/s1. The molecule has 3 N–H and O–H groups in total. The van der Waals surface area contributed by atoms with Crippen molar-refractivity contribution >= 4 is 0 Å². The number of hydrogen-bond acceptors (Lipinski definition) is 5. The van der Waals surface area contributed by atoms with Crippen LogP contribution >= 0.6 is 0 Å². The van der Waals surface area contributed by atoms with Gasteiger partial charge >= 0.3 is 0 Å². The van der Waals surface area contributed by atoms with Gasteiger partial charge in [-0.05, 0) is 6.92 Å². The van der Waals surface area contributed by atoms with Crippen molar-refractivity contribution in [3.63, 3.8) is 0 Å². The summed E-state index contributed by atoms with van der Waals surface area (Å²) in [7, 11) is 0. The van der Waals surface area contributed by atoms with E-state index in [2.05, 4.69) is 9.97 Å². The lowest BCUT2D eigenvalue weighted by atomic mass is 10.1. The monoisotopic (exact) mass is 198 g/mol. The van der Waals surface area contributed by atoms with Gasteiger partial charge in [0.1, 0.15) is 6.10 Å². The maximum Gasteiger partial charge on any atom is 0.103 e. The third-order valence-corrected chi connectivity index (χ3v) is 2.02. The van der Waals surface area contributed by atoms with Crippen LogP contribution in [0.25, 0.3) is 0 Å². The van der Waals surface area contributed by atoms with E-state index < -0.39 is 18.8 Å². The number of aliphatic hydroxyl groups is 3. The number of hydrogen-bond donors (Lipinski definition) is 3. The smallest absolute Gasteiger partial charge is 0.103 e. The van der Waals surface area contributed by atoms with E-state index in [0.717, 1.165) is 5.69 Å². The van der Waals surface area contributed by atoms with Crippen molar-refractivity contribution in [1.29, 1.82) is 0 Å². The van der Waals surface area contributed by atoms with E-state index in [1.807, 2.05) is 0 Å². The van der Waals surface area contributed by atoms with Crippen molar-refractivity contribution in [3.8, 4) is 0 Å². The minimum atomic E-state index is -1.13. The zero-order valence-corrected chi connectivity index (χ0v) is 7.96. The highest BCUT2D eigenvalue weighted by atomic mass is 16.4. The topological polar surface area (TPSA) is 86.5 Å². The van der Waals surface area contributed by atoms with Crippen LogP contribution in [0.2, 0.25) is 0 Å². The number of nitrogens with zero attached hydrogens (tertiary/aromatic N) is 2. The van der Waals surface area contributed by atoms with E-state index in [1.165, 1.54) is 6.20 Å². The summed E-state index contributed by atoms with van der Waals surface area (Å²) in [5.41, 5.74) is 1.35. The van der Waals surface area contributed by atoms with Crippen LogP contribution in [0, 0.1) is 6.92 Å². The molecular weight excluding hydrogens is 184 g/mol. The number of aliphatic hydroxyl groups excluding tert-OH is 3. The van der Waals surface area contributed by atoms with Crippen molar-refractivity contribution in [2.45, 2.75) is 25.6 Å². The molecule has 1 aromatic heterocycles. The second kappa shape index (κ2) is 4.99. The summed E-state index contributed by atoms with van der Waals surface area (Å²) >= 11 is 0. The lowest BCUT2D eigenvalue weighted by Gasteiger charge is -2.15. The molecule has 0 spiro atoms. The first kappa shape index (κ1) is 11.0. The van der Waals surface area contributed by atoms with Gasteiger partial charge in [-0.15, -0.1) is 0 Å². The fraction of sp³-hybridized carbons (Fsp3) is 0.556. The van der Waals surface area contributed by atoms with E-state index in [9.17, 15) is 5.11 Å². The predicted molar refractivity (Wildman–Crippen MR) is 49.6 cm³/mol. The molecule has 5 nitrogen and oxygen atoms in total. The van der Waals surface area contributed by atoms with Crippen LogP contribution in [0.1, 0.15) is 11.4 Å². The van der Waals surface area contributed by atoms with Gasteiger partial charge in [0.05, 0.1) is 24.1 Å². The molecule has 2 atom stereocenters. The molecule has 5 heteroatoms. The average molecular weight is 198 g/mol. The number of aryl methyl sites for hydroxylation is 1. The van der Waals surface area contributed by atoms with Gasteiger partial charge in [-0.3, -0.25) is 9.97 Å². The van der Waals surface area contributed by atoms with E-state index in [1.54, 1.807) is 13.1 Å². The second-order valence-corrected chi connectivity index (χ2v) is 3.11. The molecule has 0 aliphatic rings. The number of aromatic nitrogens is 2. The summed E-state index contributed by atoms with van der Waals surface area (Å²) < 4.78 is 0. The number of rotatable bonds is 4. The van der Waals surface area contributed by atoms with Crippen LogP contribution in [0.3, 0.4) is 0 Å². The Bertz CT molecular complexity index is 293. The first-order valence-electron chi connectivity index (χ1n) is 4.38. The van der Waals surface area contributed by atoms with Crippen LogP contribution in [-0.2, 0) is 6.42 Å². The fourth-order valence-electron chi connectivity index (χ4n) is 1.09. The van der Waals surface area contributed by atoms with Gasteiger partial charge in [-0.2, -0.15) is 0 Å². The van der Waals surface area contributed by atoms with E-state index in [4.69, 9.17) is 10.2 Å². The molecule has 0 aliphatic heterocycles. The van der Waals surface area contributed by atoms with Crippen molar-refractivity contribution in [3.05, 3.63) is 23.8 Å². The SMILES string of the molecule is Cc1nccnc1C[C@@H](O)[C@@H](O)CO. The maximum absolute atomic E-state index is 9.42. The largest absolute Gasteiger partial charge is 0.394 e. The molecule has 78 valence electrons. The Kier molecular flexibility index (Phi) is 3.94. The van der Waals surface area contributed by atoms with Crippen LogP contribution in [0.5, 0.6) is 0 Å². The molecule has 0 saturated carbocycles. The third-order valence-electron chi connectivity index (χ3n) is 2.02. The Morgan fingerprint density at radius 1 is 1.21 bits per heavy atom. The lowest BCUT2D eigenvalue weighted by molar-refractivity contribution is -0.0137. The van der Waals surface area contributed by atoms with Crippen LogP contribution in [-0.4, -0.2) is 44.1 Å². The highest BCUT2D eigenvalue weighted by Crippen LogP contribution is 2.06. The Morgan fingerprint density at radius 2 is 1.86 bits per heavy atom. The van der Waals surface area contributed by atoms with Crippen LogP contribution in [0.4, 0.5) is 0 Å². The summed E-state index contributed by atoms with van der Waals surface area (Å²) in [6.45, 7) is 1.32. The van der Waals surface area contributed by atoms with Crippen molar-refractivity contribution in [1.82, 2.24) is 9.97 Å². The summed E-state index contributed by atoms with van der Waals surface area (Å²) in [5, 5.41) is 27.2. The second-order valence-electron chi connectivity index (χ2n) is 3.11. The summed E-state index contributed by atoms with van der Waals surface area (Å²) in [6.07, 6.45) is 1.15. The fourth-order valence-corrected chi connectivity index (χ4v) is 1.09. The quantitative estimate of drug-likeness (QED) is 0.580. The Morgan fingerprint density at radius 3 is 2.43 bits per heavy atom. The summed E-state index contributed by atoms with van der Waals surface area (Å²) in [4.78, 5) is 8.02. The molecule has 0 fully saturated rings. The molecule has 0 bridgehead atoms. The van der Waals surface area contributed by atoms with Crippen molar-refractivity contribution in [2.75, 3.05) is 6.61 Å². The predicted octanol–water partition coefficient (Wildman–Crippen LogP) is -0.958. The van der Waals surface area contributed by atoms with Crippen LogP contribution < -0.4 is 0 Å².